The van der Waals surface area contributed by atoms with Crippen molar-refractivity contribution in [2.24, 2.45) is 4.99 Å². The molecule has 0 bridgehead atoms. The quantitative estimate of drug-likeness (QED) is 0.346. The van der Waals surface area contributed by atoms with E-state index in [4.69, 9.17) is 4.74 Å². The summed E-state index contributed by atoms with van der Waals surface area (Å²) in [5, 5.41) is 2.86. The van der Waals surface area contributed by atoms with E-state index >= 15 is 0 Å². The minimum atomic E-state index is -4.33. The fourth-order valence-electron chi connectivity index (χ4n) is 3.83. The highest BCUT2D eigenvalue weighted by Gasteiger charge is 2.35. The number of rotatable bonds is 7. The number of imidazole rings is 1. The third-order valence-corrected chi connectivity index (χ3v) is 5.42. The Balaban J connectivity index is 1.72. The first-order valence-corrected chi connectivity index (χ1v) is 11.3. The fraction of sp³-hybridized carbons (Fsp3) is 0.269. The van der Waals surface area contributed by atoms with E-state index in [2.05, 4.69) is 15.3 Å². The molecule has 0 spiro atoms. The highest BCUT2D eigenvalue weighted by Crippen LogP contribution is 2.26. The number of hydrogen-bond donors (Lipinski definition) is 2. The number of H-pyrrole nitrogens is 1. The summed E-state index contributed by atoms with van der Waals surface area (Å²) in [6.45, 7) is 5.12. The number of allylic oxidation sites excluding steroid dienone is 1. The lowest BCUT2D eigenvalue weighted by Gasteiger charge is -2.11. The Labute approximate surface area is 205 Å². The Kier molecular flexibility index (Phi) is 6.96. The molecule has 0 radical (unpaired) electrons. The normalized spacial score (nSPS) is 14.2. The van der Waals surface area contributed by atoms with Crippen LogP contribution >= 0.6 is 0 Å². The second-order valence-corrected chi connectivity index (χ2v) is 8.69. The summed E-state index contributed by atoms with van der Waals surface area (Å²) >= 11 is 0. The zero-order valence-electron chi connectivity index (χ0n) is 19.9. The van der Waals surface area contributed by atoms with E-state index < -0.39 is 25.0 Å². The molecule has 0 aliphatic carbocycles. The lowest BCUT2D eigenvalue weighted by atomic mass is 10.0. The molecular weight excluding hydrogens is 476 g/mol. The van der Waals surface area contributed by atoms with Crippen molar-refractivity contribution in [3.8, 4) is 17.0 Å². The molecule has 3 aromatic rings. The van der Waals surface area contributed by atoms with Gasteiger partial charge in [0.25, 0.3) is 11.8 Å². The molecule has 4 rings (SSSR count). The average Bonchev–Trinajstić information content (AvgIpc) is 3.34. The number of aliphatic imine (C=N–C) groups is 1. The molecule has 0 unspecified atom stereocenters. The first-order chi connectivity index (χ1) is 17.0. The van der Waals surface area contributed by atoms with Gasteiger partial charge in [-0.3, -0.25) is 9.79 Å². The van der Waals surface area contributed by atoms with Gasteiger partial charge in [0.05, 0.1) is 12.5 Å². The lowest BCUT2D eigenvalue weighted by molar-refractivity contribution is -0.582. The smallest absolute Gasteiger partial charge is 0.390 e. The van der Waals surface area contributed by atoms with E-state index in [-0.39, 0.29) is 29.3 Å². The molecule has 188 valence electrons. The molecule has 1 aromatic heterocycles. The Hall–Kier alpha value is -3.95. The van der Waals surface area contributed by atoms with Gasteiger partial charge in [-0.15, -0.1) is 0 Å². The Morgan fingerprint density at radius 2 is 1.97 bits per heavy atom. The third-order valence-electron chi connectivity index (χ3n) is 5.42. The van der Waals surface area contributed by atoms with Crippen LogP contribution in [0.3, 0.4) is 0 Å². The number of ether oxygens (including phenoxy) is 1. The van der Waals surface area contributed by atoms with E-state index in [1.807, 2.05) is 26.8 Å². The molecule has 0 saturated heterocycles. The zero-order valence-corrected chi connectivity index (χ0v) is 19.9. The molecule has 1 aliphatic heterocycles. The zero-order chi connectivity index (χ0) is 26.0. The largest absolute Gasteiger partial charge is 0.423 e. The average molecular weight is 502 g/mol. The predicted octanol–water partition coefficient (Wildman–Crippen LogP) is 5.19. The molecular formula is C26H25F4N4O2+. The Morgan fingerprint density at radius 1 is 1.19 bits per heavy atom. The highest BCUT2D eigenvalue weighted by molar-refractivity contribution is 6.09. The van der Waals surface area contributed by atoms with Gasteiger partial charge in [0.1, 0.15) is 17.8 Å². The Morgan fingerprint density at radius 3 is 2.64 bits per heavy atom. The van der Waals surface area contributed by atoms with Crippen LogP contribution in [0.5, 0.6) is 5.75 Å². The van der Waals surface area contributed by atoms with Crippen molar-refractivity contribution in [2.45, 2.75) is 39.4 Å². The summed E-state index contributed by atoms with van der Waals surface area (Å²) in [7, 11) is 0. The number of nitrogens with zero attached hydrogens (tertiary/aromatic N) is 2. The van der Waals surface area contributed by atoms with E-state index in [9.17, 15) is 22.4 Å². The van der Waals surface area contributed by atoms with Crippen LogP contribution in [-0.2, 0) is 0 Å². The summed E-state index contributed by atoms with van der Waals surface area (Å²) < 4.78 is 59.3. The number of alkyl halides is 3. The van der Waals surface area contributed by atoms with Crippen molar-refractivity contribution in [1.29, 1.82) is 0 Å². The van der Waals surface area contributed by atoms with Gasteiger partial charge in [-0.25, -0.2) is 9.37 Å². The molecule has 2 heterocycles. The number of hydrogen-bond acceptors (Lipinski definition) is 3. The number of carbonyl (C=O) groups is 1. The molecule has 0 saturated carbocycles. The van der Waals surface area contributed by atoms with E-state index in [1.54, 1.807) is 29.0 Å². The maximum atomic E-state index is 13.7. The summed E-state index contributed by atoms with van der Waals surface area (Å²) in [6.07, 6.45) is -2.20. The number of aromatic amines is 1. The van der Waals surface area contributed by atoms with Gasteiger partial charge >= 0.3 is 12.0 Å². The highest BCUT2D eigenvalue weighted by atomic mass is 19.4. The Bertz CT molecular complexity index is 1360. The van der Waals surface area contributed by atoms with Gasteiger partial charge in [-0.2, -0.15) is 17.7 Å². The number of amides is 1. The van der Waals surface area contributed by atoms with E-state index in [1.165, 1.54) is 24.3 Å². The molecule has 2 N–H and O–H groups in total. The van der Waals surface area contributed by atoms with Crippen molar-refractivity contribution in [1.82, 2.24) is 10.3 Å². The number of fused-ring (bicyclic) bond motifs is 1. The molecule has 1 amide bonds. The van der Waals surface area contributed by atoms with Crippen LogP contribution in [0.2, 0.25) is 0 Å². The second-order valence-electron chi connectivity index (χ2n) is 8.69. The van der Waals surface area contributed by atoms with Crippen molar-refractivity contribution >= 4 is 17.5 Å². The van der Waals surface area contributed by atoms with Crippen LogP contribution in [0.15, 0.2) is 59.7 Å². The molecule has 36 heavy (non-hydrogen) atoms. The molecule has 0 fully saturated rings. The van der Waals surface area contributed by atoms with Crippen LogP contribution in [0.1, 0.15) is 42.0 Å². The fourth-order valence-corrected chi connectivity index (χ4v) is 3.83. The van der Waals surface area contributed by atoms with Crippen LogP contribution in [0.25, 0.3) is 17.1 Å². The van der Waals surface area contributed by atoms with Crippen LogP contribution in [-0.4, -0.2) is 35.4 Å². The van der Waals surface area contributed by atoms with Gasteiger partial charge in [-0.05, 0) is 56.7 Å². The summed E-state index contributed by atoms with van der Waals surface area (Å²) in [5.41, 5.74) is 2.93. The van der Waals surface area contributed by atoms with Gasteiger partial charge in [0.15, 0.2) is 11.4 Å². The summed E-state index contributed by atoms with van der Waals surface area (Å²) in [5.74, 6) is 0.223. The predicted molar refractivity (Wildman–Crippen MR) is 127 cm³/mol. The summed E-state index contributed by atoms with van der Waals surface area (Å²) in [4.78, 5) is 19.6. The molecule has 2 aromatic carbocycles. The van der Waals surface area contributed by atoms with Gasteiger partial charge < -0.3 is 10.1 Å². The number of halogens is 4. The molecule has 1 aliphatic rings. The monoisotopic (exact) mass is 501 g/mol. The first-order valence-electron chi connectivity index (χ1n) is 11.3. The third kappa shape index (κ3) is 5.64. The SMILES string of the molecule is Cc1cc(-c2c[nH]c3[n+]2C(Oc2cccc(F)c2)=CC3=NCCC(F)(F)F)ccc1C(=O)NC(C)C. The van der Waals surface area contributed by atoms with E-state index in [0.29, 0.717) is 17.1 Å². The topological polar surface area (TPSA) is 70.4 Å². The maximum absolute atomic E-state index is 13.7. The second kappa shape index (κ2) is 9.96. The van der Waals surface area contributed by atoms with Gasteiger partial charge in [0, 0.05) is 29.8 Å². The number of benzene rings is 2. The lowest BCUT2D eigenvalue weighted by Crippen LogP contribution is -2.37. The van der Waals surface area contributed by atoms with Crippen molar-refractivity contribution in [3.05, 3.63) is 77.5 Å². The standard InChI is InChI=1S/C26H24F4N4O2/c1-15(2)33-25(35)20-8-7-17(11-16(20)3)22-14-32-24-21(31-10-9-26(28,29)30)13-23(34(22)24)36-19-6-4-5-18(27)12-19/h4-8,11-15H,9-10H2,1-3H3,(H,33,35)/p+1. The maximum Gasteiger partial charge on any atom is 0.390 e. The number of nitrogens with one attached hydrogen (secondary N) is 2. The summed E-state index contributed by atoms with van der Waals surface area (Å²) in [6, 6.07) is 10.9. The van der Waals surface area contributed by atoms with Crippen LogP contribution in [0, 0.1) is 12.7 Å². The minimum Gasteiger partial charge on any atom is -0.423 e. The van der Waals surface area contributed by atoms with Gasteiger partial charge in [0.2, 0.25) is 0 Å². The van der Waals surface area contributed by atoms with Crippen molar-refractivity contribution in [2.75, 3.05) is 6.54 Å². The molecule has 0 atom stereocenters. The van der Waals surface area contributed by atoms with E-state index in [0.717, 1.165) is 11.1 Å². The number of aromatic nitrogens is 2. The number of carbonyl (C=O) groups excluding carboxylic acids is 1. The number of aryl methyl sites for hydroxylation is 1. The van der Waals surface area contributed by atoms with Crippen LogP contribution in [0.4, 0.5) is 17.6 Å². The van der Waals surface area contributed by atoms with Gasteiger partial charge in [-0.1, -0.05) is 6.07 Å². The first kappa shape index (κ1) is 25.2. The molecule has 10 heteroatoms. The van der Waals surface area contributed by atoms with Crippen molar-refractivity contribution in [3.63, 3.8) is 0 Å². The minimum absolute atomic E-state index is 0.0113. The van der Waals surface area contributed by atoms with Crippen LogP contribution < -0.4 is 14.6 Å². The van der Waals surface area contributed by atoms with Crippen molar-refractivity contribution < 1.29 is 31.7 Å². The molecule has 6 nitrogen and oxygen atoms in total.